The number of allylic oxidation sites excluding steroid dienone is 2. The van der Waals surface area contributed by atoms with E-state index in [-0.39, 0.29) is 5.41 Å². The highest BCUT2D eigenvalue weighted by molar-refractivity contribution is 8.11. The second-order valence-electron chi connectivity index (χ2n) is 8.50. The van der Waals surface area contributed by atoms with Crippen molar-refractivity contribution in [3.8, 4) is 5.18 Å². The number of hydrogen-bond acceptors (Lipinski definition) is 0. The van der Waals surface area contributed by atoms with Gasteiger partial charge in [-0.25, -0.2) is 0 Å². The summed E-state index contributed by atoms with van der Waals surface area (Å²) < 4.78 is 0. The van der Waals surface area contributed by atoms with Crippen LogP contribution in [0.2, 0.25) is 0 Å². The Balaban J connectivity index is 6.07. The highest BCUT2D eigenvalue weighted by Crippen LogP contribution is 2.47. The van der Waals surface area contributed by atoms with Crippen LogP contribution in [0.15, 0.2) is 22.6 Å². The maximum atomic E-state index is 4.27. The van der Waals surface area contributed by atoms with Gasteiger partial charge in [0.05, 0.1) is 0 Å². The minimum absolute atomic E-state index is 0.288. The van der Waals surface area contributed by atoms with Crippen molar-refractivity contribution < 1.29 is 0 Å². The smallest absolute Gasteiger partial charge is 0.00497 e. The van der Waals surface area contributed by atoms with Crippen molar-refractivity contribution in [1.82, 2.24) is 0 Å². The van der Waals surface area contributed by atoms with Gasteiger partial charge in [0.2, 0.25) is 0 Å². The normalized spacial score (nSPS) is 16.9. The van der Waals surface area contributed by atoms with E-state index in [1.54, 1.807) is 0 Å². The molecule has 2 atom stereocenters. The largest absolute Gasteiger partial charge is 0.170 e. The van der Waals surface area contributed by atoms with Crippen LogP contribution in [0, 0.1) is 16.0 Å². The van der Waals surface area contributed by atoms with Gasteiger partial charge >= 0.3 is 0 Å². The highest BCUT2D eigenvalue weighted by atomic mass is 32.2. The summed E-state index contributed by atoms with van der Waals surface area (Å²) in [5, 5.41) is 4.32. The molecule has 0 aromatic heterocycles. The van der Waals surface area contributed by atoms with Gasteiger partial charge in [-0.2, -0.15) is 10.3 Å². The third kappa shape index (κ3) is 6.49. The number of hydrogen-bond donors (Lipinski definition) is 1. The molecule has 0 spiro atoms. The lowest BCUT2D eigenvalue weighted by Gasteiger charge is -2.39. The minimum atomic E-state index is -0.392. The fourth-order valence-electron chi connectivity index (χ4n) is 2.73. The Morgan fingerprint density at radius 3 is 1.81 bits per heavy atom. The molecule has 0 nitrogen and oxygen atoms in total. The third-order valence-corrected chi connectivity index (χ3v) is 7.25. The summed E-state index contributed by atoms with van der Waals surface area (Å²) in [5.41, 5.74) is 3.36. The lowest BCUT2D eigenvalue weighted by Crippen LogP contribution is -2.29. The number of thiol groups is 1. The van der Waals surface area contributed by atoms with Gasteiger partial charge < -0.3 is 0 Å². The molecule has 0 aliphatic rings. The van der Waals surface area contributed by atoms with Crippen LogP contribution >= 0.6 is 10.3 Å². The Bertz CT molecular complexity index is 478. The Morgan fingerprint density at radius 1 is 1.10 bits per heavy atom. The van der Waals surface area contributed by atoms with Crippen molar-refractivity contribution in [3.63, 3.8) is 0 Å². The fraction of sp³-hybridized carbons (Fsp3) is 0.750. The first kappa shape index (κ1) is 20.6. The Morgan fingerprint density at radius 2 is 1.57 bits per heavy atom. The first-order valence-corrected chi connectivity index (χ1v) is 9.58. The van der Waals surface area contributed by atoms with Crippen LogP contribution in [-0.2, 0) is 0 Å². The standard InChI is InChI=1S/C20H38S/c1-12-16(5)18(15(3)4)21(13-2)17(20(9,10)11)14-19(6,7)8/h17,21H,3,12,14H2,1-2,4-11H3/b18-16-. The lowest BCUT2D eigenvalue weighted by molar-refractivity contribution is 0.286. The van der Waals surface area contributed by atoms with Gasteiger partial charge in [0.15, 0.2) is 0 Å². The maximum absolute atomic E-state index is 4.27. The second kappa shape index (κ2) is 7.75. The molecule has 0 aromatic carbocycles. The topological polar surface area (TPSA) is 0 Å². The maximum Gasteiger partial charge on any atom is 0.00497 e. The first-order chi connectivity index (χ1) is 9.35. The van der Waals surface area contributed by atoms with Gasteiger partial charge in [-0.3, -0.25) is 0 Å². The molecule has 21 heavy (non-hydrogen) atoms. The molecule has 124 valence electrons. The molecule has 0 aliphatic heterocycles. The van der Waals surface area contributed by atoms with E-state index in [0.717, 1.165) is 6.42 Å². The van der Waals surface area contributed by atoms with Crippen LogP contribution < -0.4 is 0 Å². The molecular weight excluding hydrogens is 272 g/mol. The molecule has 0 fully saturated rings. The van der Waals surface area contributed by atoms with E-state index in [2.05, 4.69) is 81.0 Å². The zero-order chi connectivity index (χ0) is 17.0. The Hall–Kier alpha value is -0.390. The molecule has 0 saturated carbocycles. The summed E-state index contributed by atoms with van der Waals surface area (Å²) in [5.74, 6) is 0. The van der Waals surface area contributed by atoms with Crippen LogP contribution in [-0.4, -0.2) is 5.25 Å². The minimum Gasteiger partial charge on any atom is -0.170 e. The fourth-order valence-corrected chi connectivity index (χ4v) is 6.06. The quantitative estimate of drug-likeness (QED) is 0.418. The van der Waals surface area contributed by atoms with Crippen LogP contribution in [0.5, 0.6) is 0 Å². The summed E-state index contributed by atoms with van der Waals surface area (Å²) >= 11 is 0. The average Bonchev–Trinajstić information content (AvgIpc) is 2.29. The predicted octanol–water partition coefficient (Wildman–Crippen LogP) is 7.08. The molecule has 0 rings (SSSR count). The molecular formula is C20H38S. The predicted molar refractivity (Wildman–Crippen MR) is 104 cm³/mol. The van der Waals surface area contributed by atoms with E-state index in [1.165, 1.54) is 22.5 Å². The van der Waals surface area contributed by atoms with Crippen LogP contribution in [0.3, 0.4) is 0 Å². The van der Waals surface area contributed by atoms with Gasteiger partial charge in [0.25, 0.3) is 0 Å². The molecule has 2 unspecified atom stereocenters. The van der Waals surface area contributed by atoms with Crippen LogP contribution in [0.25, 0.3) is 0 Å². The van der Waals surface area contributed by atoms with Crippen molar-refractivity contribution in [1.29, 1.82) is 0 Å². The van der Waals surface area contributed by atoms with E-state index in [9.17, 15) is 0 Å². The molecule has 0 N–H and O–H groups in total. The average molecular weight is 311 g/mol. The summed E-state index contributed by atoms with van der Waals surface area (Å²) in [4.78, 5) is 1.50. The van der Waals surface area contributed by atoms with Crippen LogP contribution in [0.4, 0.5) is 0 Å². The molecule has 1 heteroatoms. The number of rotatable bonds is 3. The van der Waals surface area contributed by atoms with E-state index in [0.29, 0.717) is 10.7 Å². The Labute approximate surface area is 136 Å². The van der Waals surface area contributed by atoms with Gasteiger partial charge in [-0.1, -0.05) is 60.6 Å². The molecule has 0 aromatic rings. The summed E-state index contributed by atoms with van der Waals surface area (Å²) in [7, 11) is -0.392. The lowest BCUT2D eigenvalue weighted by atomic mass is 9.81. The van der Waals surface area contributed by atoms with Crippen molar-refractivity contribution in [3.05, 3.63) is 22.6 Å². The second-order valence-corrected chi connectivity index (χ2v) is 10.8. The molecule has 0 heterocycles. The summed E-state index contributed by atoms with van der Waals surface area (Å²) in [6.07, 6.45) is 2.34. The molecule has 0 aliphatic carbocycles. The van der Waals surface area contributed by atoms with Gasteiger partial charge in [-0.05, 0) is 54.9 Å². The van der Waals surface area contributed by atoms with Crippen molar-refractivity contribution >= 4 is 10.3 Å². The van der Waals surface area contributed by atoms with Crippen molar-refractivity contribution in [2.75, 3.05) is 0 Å². The van der Waals surface area contributed by atoms with E-state index >= 15 is 0 Å². The monoisotopic (exact) mass is 310 g/mol. The van der Waals surface area contributed by atoms with Gasteiger partial charge in [-0.15, -0.1) is 5.18 Å². The first-order valence-electron chi connectivity index (χ1n) is 8.17. The zero-order valence-corrected chi connectivity index (χ0v) is 17.0. The Kier molecular flexibility index (Phi) is 7.60. The zero-order valence-electron chi connectivity index (χ0n) is 16.1. The highest BCUT2D eigenvalue weighted by Gasteiger charge is 2.31. The van der Waals surface area contributed by atoms with Crippen molar-refractivity contribution in [2.45, 2.75) is 87.3 Å². The van der Waals surface area contributed by atoms with E-state index < -0.39 is 10.3 Å². The van der Waals surface area contributed by atoms with Crippen LogP contribution in [0.1, 0.15) is 82.1 Å². The summed E-state index contributed by atoms with van der Waals surface area (Å²) in [6.45, 7) is 27.3. The van der Waals surface area contributed by atoms with Crippen molar-refractivity contribution in [2.24, 2.45) is 10.8 Å². The van der Waals surface area contributed by atoms with E-state index in [1.807, 2.05) is 0 Å². The SMILES string of the molecule is C=C(C)/C(=C(\C)CC)[SH](#CC)C(CC(C)(C)C)C(C)(C)C. The molecule has 0 radical (unpaired) electrons. The molecule has 0 bridgehead atoms. The third-order valence-electron chi connectivity index (χ3n) is 3.94. The van der Waals surface area contributed by atoms with Gasteiger partial charge in [0.1, 0.15) is 0 Å². The molecule has 0 saturated heterocycles. The van der Waals surface area contributed by atoms with Gasteiger partial charge in [0, 0.05) is 5.25 Å². The van der Waals surface area contributed by atoms with E-state index in [4.69, 9.17) is 0 Å². The summed E-state index contributed by atoms with van der Waals surface area (Å²) in [6, 6.07) is 0. The molecule has 0 amide bonds.